The molecule has 12 atom stereocenters. The first-order valence-corrected chi connectivity index (χ1v) is 51.4. The van der Waals surface area contributed by atoms with Gasteiger partial charge in [0.05, 0.1) is 53.6 Å². The van der Waals surface area contributed by atoms with Crippen molar-refractivity contribution in [3.05, 3.63) is 211 Å². The predicted octanol–water partition coefficient (Wildman–Crippen LogP) is 23.3. The van der Waals surface area contributed by atoms with Crippen LogP contribution in [0.15, 0.2) is 165 Å². The molecular formula is C102H147Cl2N2O12PRu. The molecule has 5 aliphatic heterocycles. The molecule has 3 aromatic carbocycles. The van der Waals surface area contributed by atoms with Crippen LogP contribution in [0, 0.1) is 83.7 Å². The predicted molar refractivity (Wildman–Crippen MR) is 500 cm³/mol. The van der Waals surface area contributed by atoms with E-state index in [1.807, 2.05) is 78.3 Å². The summed E-state index contributed by atoms with van der Waals surface area (Å²) in [5.74, 6) is 10.2. The Kier molecular flexibility index (Phi) is 50.1. The van der Waals surface area contributed by atoms with Gasteiger partial charge in [0, 0.05) is 84.1 Å². The van der Waals surface area contributed by atoms with Gasteiger partial charge in [-0.15, -0.1) is 13.2 Å². The summed E-state index contributed by atoms with van der Waals surface area (Å²) in [5, 5.41) is 20.6. The van der Waals surface area contributed by atoms with E-state index in [4.69, 9.17) is 57.3 Å². The summed E-state index contributed by atoms with van der Waals surface area (Å²) in [4.78, 5) is 29.3. The average molecular weight is 1800 g/mol. The van der Waals surface area contributed by atoms with Gasteiger partial charge in [-0.25, -0.2) is 9.59 Å². The van der Waals surface area contributed by atoms with Crippen LogP contribution in [0.1, 0.15) is 240 Å². The number of aliphatic hydroxyl groups excluding tert-OH is 2. The average Bonchev–Trinajstić information content (AvgIpc) is 1.73. The van der Waals surface area contributed by atoms with E-state index in [1.165, 1.54) is 67.8 Å². The zero-order valence-corrected chi connectivity index (χ0v) is 78.9. The second-order valence-electron chi connectivity index (χ2n) is 33.7. The Hall–Kier alpha value is -5.84. The fourth-order valence-corrected chi connectivity index (χ4v) is 25.0. The fraction of sp³-hybridized carbons (Fsp3) is 0.569. The number of ether oxygens (including phenoxy) is 8. The molecule has 3 aliphatic carbocycles. The maximum absolute atomic E-state index is 12.3. The van der Waals surface area contributed by atoms with Gasteiger partial charge in [-0.1, -0.05) is 178 Å². The Labute approximate surface area is 738 Å². The molecule has 0 radical (unpaired) electrons. The number of aryl methyl sites for hydroxylation is 6. The Balaban J connectivity index is 0.000000239. The number of anilines is 2. The van der Waals surface area contributed by atoms with Crippen LogP contribution in [0.3, 0.4) is 0 Å². The number of rotatable bonds is 16. The molecule has 0 spiro atoms. The first kappa shape index (κ1) is 103. The number of aliphatic hydroxyl groups is 2. The van der Waals surface area contributed by atoms with E-state index in [0.717, 1.165) is 68.3 Å². The van der Waals surface area contributed by atoms with Gasteiger partial charge in [0.15, 0.2) is 0 Å². The van der Waals surface area contributed by atoms with Gasteiger partial charge in [0.25, 0.3) is 0 Å². The number of benzene rings is 3. The summed E-state index contributed by atoms with van der Waals surface area (Å²) in [5.41, 5.74) is 17.8. The Morgan fingerprint density at radius 3 is 1.32 bits per heavy atom. The minimum absolute atomic E-state index is 0.0465. The van der Waals surface area contributed by atoms with Crippen LogP contribution < -0.4 is 9.80 Å². The van der Waals surface area contributed by atoms with Crippen molar-refractivity contribution < 1.29 is 71.2 Å². The van der Waals surface area contributed by atoms with Gasteiger partial charge in [0.1, 0.15) is 38.0 Å². The topological polar surface area (TPSA) is 155 Å². The van der Waals surface area contributed by atoms with Crippen molar-refractivity contribution in [1.29, 1.82) is 0 Å². The quantitative estimate of drug-likeness (QED) is 0.0204. The van der Waals surface area contributed by atoms with E-state index < -0.39 is 49.9 Å². The molecule has 11 rings (SSSR count). The normalized spacial score (nSPS) is 25.6. The summed E-state index contributed by atoms with van der Waals surface area (Å²) in [6.45, 7) is 41.5. The summed E-state index contributed by atoms with van der Waals surface area (Å²) < 4.78 is 46.8. The molecular weight excluding hydrogens is 1650 g/mol. The van der Waals surface area contributed by atoms with Crippen LogP contribution in [0.5, 0.6) is 0 Å². The van der Waals surface area contributed by atoms with Crippen LogP contribution in [0.4, 0.5) is 11.4 Å². The van der Waals surface area contributed by atoms with E-state index in [-0.39, 0.29) is 58.1 Å². The fourth-order valence-electron chi connectivity index (χ4n) is 18.0. The van der Waals surface area contributed by atoms with Gasteiger partial charge in [-0.05, 0) is 218 Å². The maximum atomic E-state index is 12.3. The van der Waals surface area contributed by atoms with E-state index >= 15 is 0 Å². The monoisotopic (exact) mass is 1790 g/mol. The summed E-state index contributed by atoms with van der Waals surface area (Å²) >= 11 is -1.61. The molecule has 664 valence electrons. The number of allylic oxidation sites excluding steroid dienone is 2. The molecule has 5 heterocycles. The van der Waals surface area contributed by atoms with Crippen LogP contribution >= 0.6 is 27.3 Å². The van der Waals surface area contributed by atoms with Gasteiger partial charge in [-0.3, -0.25) is 0 Å². The van der Waals surface area contributed by atoms with Crippen molar-refractivity contribution >= 4 is 55.2 Å². The number of halogens is 2. The van der Waals surface area contributed by atoms with E-state index in [2.05, 4.69) is 158 Å². The van der Waals surface area contributed by atoms with Crippen molar-refractivity contribution in [1.82, 2.24) is 0 Å². The summed E-state index contributed by atoms with van der Waals surface area (Å²) in [6.07, 6.45) is 50.1. The number of hydrogen-bond donors (Lipinski definition) is 2. The number of hydrogen-bond acceptors (Lipinski definition) is 14. The molecule has 120 heavy (non-hydrogen) atoms. The van der Waals surface area contributed by atoms with Gasteiger partial charge >= 0.3 is 85.3 Å². The Morgan fingerprint density at radius 2 is 0.958 bits per heavy atom. The van der Waals surface area contributed by atoms with Gasteiger partial charge in [0.2, 0.25) is 0 Å². The number of methoxy groups -OCH3 is 2. The van der Waals surface area contributed by atoms with Crippen molar-refractivity contribution in [3.63, 3.8) is 0 Å². The van der Waals surface area contributed by atoms with Crippen molar-refractivity contribution in [3.8, 4) is 23.7 Å². The molecule has 0 unspecified atom stereocenters. The molecule has 3 saturated carbocycles. The first-order valence-electron chi connectivity index (χ1n) is 44.2. The molecule has 0 aromatic heterocycles. The number of cyclic esters (lactones) is 2. The van der Waals surface area contributed by atoms with Crippen LogP contribution in [-0.4, -0.2) is 146 Å². The van der Waals surface area contributed by atoms with Crippen LogP contribution in [-0.2, 0) is 61.0 Å². The summed E-state index contributed by atoms with van der Waals surface area (Å²) in [7, 11) is 14.4. The second kappa shape index (κ2) is 58.4. The third-order valence-corrected chi connectivity index (χ3v) is 29.3. The number of carbonyl (C=O) groups excluding carboxylic acids is 2. The minimum atomic E-state index is -1.61. The molecule has 8 aliphatic rings. The van der Waals surface area contributed by atoms with Crippen molar-refractivity contribution in [2.24, 2.45) is 11.8 Å². The number of carbonyl (C=O) groups is 2. The Bertz CT molecular complexity index is 3750. The van der Waals surface area contributed by atoms with E-state index in [1.54, 1.807) is 136 Å². The summed E-state index contributed by atoms with van der Waals surface area (Å²) in [6, 6.07) is 19.0. The molecule has 1 saturated heterocycles. The molecule has 0 amide bonds. The van der Waals surface area contributed by atoms with E-state index in [0.29, 0.717) is 50.4 Å². The standard InChI is InChI=1S/C27H38O6.C26H36O6.C21H27N2.C18H33P.C7H6.C3H6.2ClH.Ru/c1-5-9-25(28)26-14-7-12-23(31-19-30-4)17-20(2)16-21(3)18-24-13-6-10-22(32-24)11-8-15-27(29)33-26;1-5-24(27)25-13-7-11-22(30-18-29-4)16-19(2)15-20(3)17-23-12-6-9-21(31-23)10-8-14-26(28)32-25;1-14-9-16(3)20(17(4)10-14)22-7-8-23(13-22)21-18(5)11-15(2)12-19(21)6;1-4-10-16(11-5-1)19(17-12-6-2-7-13-17)18-14-8-3-9-15-18;1-7-5-3-2-4-6-7;1-3-2;;;/h5-7,9-10,12,21-26,28H,2,11,13-14,16-19H2,1,3-4H3;5-7,9,11,20-25,27H,1-2,10,12-13,15-18H2,3-4H3;9-13H,7-8H2,1-6H3;16-18H,1-15H2;1-6H;3H,1H2,2H3;2*1H;/q;;-1;;;;;;+2/p-1/b9-5+,12-7+;11-7+;;;;;;;/t21-,22-,23+,24-,25-,26-;20-,21-,22+,23-,24-,25-;;;;;;;/m00......./s1. The number of fused-ring (bicyclic) bond motifs is 4. The molecule has 18 heteroatoms. The molecule has 2 N–H and O–H groups in total. The molecule has 3 aromatic rings. The first-order chi connectivity index (χ1) is 57.8. The third-order valence-electron chi connectivity index (χ3n) is 22.9. The molecule has 4 bridgehead atoms. The number of esters is 2. The Morgan fingerprint density at radius 1 is 0.575 bits per heavy atom. The number of nitrogens with zero attached hydrogens (tertiary/aromatic N) is 2. The van der Waals surface area contributed by atoms with Crippen LogP contribution in [0.25, 0.3) is 0 Å². The molecule has 4 fully saturated rings. The van der Waals surface area contributed by atoms with Crippen molar-refractivity contribution in [2.45, 2.75) is 321 Å². The zero-order valence-electron chi connectivity index (χ0n) is 74.7. The van der Waals surface area contributed by atoms with Gasteiger partial charge in [-0.2, -0.15) is 6.67 Å². The van der Waals surface area contributed by atoms with E-state index in [9.17, 15) is 19.8 Å². The SMILES string of the molecule is C1CCC([PH+](C2CCCCC2)C2CCCCC2)CC1.C=C1C[C@H](C)C[C@@H]2CC=C[C@@H](CC#CC(=O)O[C@H]([C@@H](O)/C=C/C)C/C=C/[C@@H](OCOC)C1)O2.C=CC.C=C[C@H](O)[C@@H]1C/C=C/[C@@H](OCOC)CC(=C)C[C@H](C)C[C@@H]2CC=C[C@@H](CC#CC(=O)O1)O2.Cc1cc(C)c(N2[CH-]N(c3c(C)cc(C)cc3C)CC2)c(C)c1.[Cl][Ru]([Cl])=[CH]c1ccccc1. The zero-order chi connectivity index (χ0) is 87.1. The van der Waals surface area contributed by atoms with Gasteiger partial charge < -0.3 is 57.9 Å². The molecule has 14 nitrogen and oxygen atoms in total. The second-order valence-corrected chi connectivity index (χ2v) is 42.9. The van der Waals surface area contributed by atoms with Crippen LogP contribution in [0.2, 0.25) is 0 Å². The third kappa shape index (κ3) is 39.1. The van der Waals surface area contributed by atoms with Crippen molar-refractivity contribution in [2.75, 3.05) is 50.7 Å².